The fraction of sp³-hybridized carbons (Fsp3) is 0.0612. The Morgan fingerprint density at radius 2 is 0.857 bits per heavy atom. The lowest BCUT2D eigenvalue weighted by Crippen LogP contribution is -2.14. The first-order valence-electron chi connectivity index (χ1n) is 17.3. The molecule has 0 saturated heterocycles. The Labute approximate surface area is 286 Å². The first kappa shape index (κ1) is 28.1. The highest BCUT2D eigenvalue weighted by molar-refractivity contribution is 6.23. The monoisotopic (exact) mass is 622 g/mol. The van der Waals surface area contributed by atoms with E-state index in [9.17, 15) is 0 Å². The summed E-state index contributed by atoms with van der Waals surface area (Å²) in [7, 11) is 0. The van der Waals surface area contributed by atoms with E-state index in [1.54, 1.807) is 0 Å². The van der Waals surface area contributed by atoms with Crippen molar-refractivity contribution in [3.05, 3.63) is 181 Å². The molecule has 0 aliphatic heterocycles. The molecule has 0 bridgehead atoms. The minimum atomic E-state index is -0.0929. The maximum absolute atomic E-state index is 2.52. The van der Waals surface area contributed by atoms with Crippen molar-refractivity contribution >= 4 is 43.1 Å². The van der Waals surface area contributed by atoms with Crippen molar-refractivity contribution in [1.29, 1.82) is 0 Å². The lowest BCUT2D eigenvalue weighted by molar-refractivity contribution is 0.661. The summed E-state index contributed by atoms with van der Waals surface area (Å²) in [4.78, 5) is 0. The van der Waals surface area contributed by atoms with Gasteiger partial charge in [-0.25, -0.2) is 0 Å². The van der Waals surface area contributed by atoms with Gasteiger partial charge in [0.2, 0.25) is 0 Å². The molecule has 0 heterocycles. The molecule has 0 heteroatoms. The summed E-state index contributed by atoms with van der Waals surface area (Å²) >= 11 is 0. The number of rotatable bonds is 3. The smallest absolute Gasteiger partial charge is 0.0159 e. The highest BCUT2D eigenvalue weighted by Crippen LogP contribution is 2.53. The third-order valence-corrected chi connectivity index (χ3v) is 11.0. The summed E-state index contributed by atoms with van der Waals surface area (Å²) in [6.45, 7) is 4.76. The molecule has 0 atom stereocenters. The van der Waals surface area contributed by atoms with Crippen LogP contribution >= 0.6 is 0 Å². The Bertz CT molecular complexity index is 2770. The summed E-state index contributed by atoms with van der Waals surface area (Å²) in [5.74, 6) is 0. The van der Waals surface area contributed by atoms with E-state index >= 15 is 0 Å². The van der Waals surface area contributed by atoms with E-state index < -0.39 is 0 Å². The van der Waals surface area contributed by atoms with Crippen LogP contribution < -0.4 is 0 Å². The van der Waals surface area contributed by atoms with E-state index in [2.05, 4.69) is 184 Å². The first-order valence-corrected chi connectivity index (χ1v) is 17.3. The summed E-state index contributed by atoms with van der Waals surface area (Å²) in [6, 6.07) is 63.2. The molecule has 1 aliphatic carbocycles. The summed E-state index contributed by atoms with van der Waals surface area (Å²) in [5.41, 5.74) is 13.0. The molecule has 0 amide bonds. The maximum Gasteiger partial charge on any atom is 0.0159 e. The number of hydrogen-bond donors (Lipinski definition) is 0. The van der Waals surface area contributed by atoms with Gasteiger partial charge >= 0.3 is 0 Å². The summed E-state index contributed by atoms with van der Waals surface area (Å²) < 4.78 is 0. The third kappa shape index (κ3) is 4.17. The number of fused-ring (bicyclic) bond motifs is 7. The molecule has 0 spiro atoms. The first-order chi connectivity index (χ1) is 24.1. The highest BCUT2D eigenvalue weighted by atomic mass is 14.4. The molecule has 9 aromatic rings. The van der Waals surface area contributed by atoms with Crippen LogP contribution in [-0.2, 0) is 5.41 Å². The largest absolute Gasteiger partial charge is 0.0619 e. The Kier molecular flexibility index (Phi) is 6.02. The Morgan fingerprint density at radius 1 is 0.306 bits per heavy atom. The molecule has 230 valence electrons. The maximum atomic E-state index is 2.52. The van der Waals surface area contributed by atoms with Crippen LogP contribution in [-0.4, -0.2) is 0 Å². The normalized spacial score (nSPS) is 13.3. The molecule has 0 fully saturated rings. The van der Waals surface area contributed by atoms with Crippen LogP contribution in [0.1, 0.15) is 25.0 Å². The lowest BCUT2D eigenvalue weighted by Gasteiger charge is -2.24. The SMILES string of the molecule is CC1(C)c2ccccc2-c2cc3c(-c4ccc5ccccc5c4)c4ccccc4c(-c4ccc(-c5cccc6ccccc56)cc4)c3cc21. The number of hydrogen-bond acceptors (Lipinski definition) is 0. The fourth-order valence-electron chi connectivity index (χ4n) is 8.63. The van der Waals surface area contributed by atoms with Crippen molar-refractivity contribution in [2.75, 3.05) is 0 Å². The average Bonchev–Trinajstić information content (AvgIpc) is 3.38. The van der Waals surface area contributed by atoms with Crippen molar-refractivity contribution in [2.24, 2.45) is 0 Å². The van der Waals surface area contributed by atoms with E-state index in [0.717, 1.165) is 0 Å². The van der Waals surface area contributed by atoms with E-state index in [0.29, 0.717) is 0 Å². The van der Waals surface area contributed by atoms with Gasteiger partial charge in [-0.1, -0.05) is 166 Å². The molecule has 0 unspecified atom stereocenters. The van der Waals surface area contributed by atoms with E-state index in [1.807, 2.05) is 0 Å². The summed E-state index contributed by atoms with van der Waals surface area (Å²) in [6.07, 6.45) is 0. The second-order valence-corrected chi connectivity index (χ2v) is 14.1. The molecular formula is C49H34. The average molecular weight is 623 g/mol. The van der Waals surface area contributed by atoms with E-state index in [1.165, 1.54) is 98.7 Å². The molecule has 0 radical (unpaired) electrons. The predicted octanol–water partition coefficient (Wildman–Crippen LogP) is 13.6. The van der Waals surface area contributed by atoms with E-state index in [4.69, 9.17) is 0 Å². The van der Waals surface area contributed by atoms with Crippen molar-refractivity contribution in [2.45, 2.75) is 19.3 Å². The van der Waals surface area contributed by atoms with Crippen LogP contribution in [0.5, 0.6) is 0 Å². The molecule has 0 N–H and O–H groups in total. The van der Waals surface area contributed by atoms with Gasteiger partial charge in [-0.05, 0) is 117 Å². The van der Waals surface area contributed by atoms with Crippen LogP contribution in [0, 0.1) is 0 Å². The van der Waals surface area contributed by atoms with Gasteiger partial charge in [0.05, 0.1) is 0 Å². The van der Waals surface area contributed by atoms with Crippen LogP contribution in [0.2, 0.25) is 0 Å². The number of benzene rings is 9. The standard InChI is InChI=1S/C49H34/c1-49(2)45-21-10-9-17-39(45)42-29-43-44(30-46(42)49)47(34-25-23-33(24-26-34)38-20-11-15-32-13-5-6-16-37(32)38)40-18-7-8-19-41(40)48(43)36-27-22-31-12-3-4-14-35(31)28-36/h3-30H,1-2H3. The van der Waals surface area contributed by atoms with Crippen LogP contribution in [0.3, 0.4) is 0 Å². The van der Waals surface area contributed by atoms with Crippen LogP contribution in [0.4, 0.5) is 0 Å². The molecule has 9 aromatic carbocycles. The quantitative estimate of drug-likeness (QED) is 0.172. The second-order valence-electron chi connectivity index (χ2n) is 14.1. The second kappa shape index (κ2) is 10.5. The third-order valence-electron chi connectivity index (χ3n) is 11.0. The Morgan fingerprint density at radius 3 is 1.65 bits per heavy atom. The molecule has 0 aromatic heterocycles. The van der Waals surface area contributed by atoms with E-state index in [-0.39, 0.29) is 5.41 Å². The predicted molar refractivity (Wildman–Crippen MR) is 210 cm³/mol. The Hall–Kier alpha value is -5.98. The van der Waals surface area contributed by atoms with Gasteiger partial charge in [0.15, 0.2) is 0 Å². The molecule has 49 heavy (non-hydrogen) atoms. The zero-order valence-electron chi connectivity index (χ0n) is 27.7. The molecule has 0 nitrogen and oxygen atoms in total. The van der Waals surface area contributed by atoms with Gasteiger partial charge in [0.25, 0.3) is 0 Å². The minimum absolute atomic E-state index is 0.0929. The molecule has 1 aliphatic rings. The van der Waals surface area contributed by atoms with Crippen LogP contribution in [0.15, 0.2) is 170 Å². The Balaban J connectivity index is 1.29. The fourth-order valence-corrected chi connectivity index (χ4v) is 8.63. The van der Waals surface area contributed by atoms with Crippen LogP contribution in [0.25, 0.3) is 87.6 Å². The van der Waals surface area contributed by atoms with Gasteiger partial charge < -0.3 is 0 Å². The van der Waals surface area contributed by atoms with Crippen molar-refractivity contribution < 1.29 is 0 Å². The zero-order chi connectivity index (χ0) is 32.7. The topological polar surface area (TPSA) is 0 Å². The lowest BCUT2D eigenvalue weighted by atomic mass is 9.79. The molecular weight excluding hydrogens is 589 g/mol. The minimum Gasteiger partial charge on any atom is -0.0619 e. The van der Waals surface area contributed by atoms with Gasteiger partial charge in [0.1, 0.15) is 0 Å². The molecule has 10 rings (SSSR count). The molecule has 0 saturated carbocycles. The van der Waals surface area contributed by atoms with Gasteiger partial charge in [-0.2, -0.15) is 0 Å². The van der Waals surface area contributed by atoms with Gasteiger partial charge in [0, 0.05) is 5.41 Å². The van der Waals surface area contributed by atoms with Crippen molar-refractivity contribution in [3.63, 3.8) is 0 Å². The highest BCUT2D eigenvalue weighted by Gasteiger charge is 2.36. The zero-order valence-corrected chi connectivity index (χ0v) is 27.7. The van der Waals surface area contributed by atoms with Gasteiger partial charge in [-0.3, -0.25) is 0 Å². The van der Waals surface area contributed by atoms with Crippen molar-refractivity contribution in [3.8, 4) is 44.5 Å². The van der Waals surface area contributed by atoms with Gasteiger partial charge in [-0.15, -0.1) is 0 Å². The summed E-state index contributed by atoms with van der Waals surface area (Å²) in [5, 5.41) is 10.2. The van der Waals surface area contributed by atoms with Crippen molar-refractivity contribution in [1.82, 2.24) is 0 Å².